The first-order valence-electron chi connectivity index (χ1n) is 12.1. The van der Waals surface area contributed by atoms with Crippen LogP contribution in [0.25, 0.3) is 0 Å². The quantitative estimate of drug-likeness (QED) is 0.367. The largest absolute Gasteiger partial charge is 1.00 e. The van der Waals surface area contributed by atoms with Crippen molar-refractivity contribution in [2.75, 3.05) is 31.5 Å². The third-order valence-corrected chi connectivity index (χ3v) is 7.55. The van der Waals surface area contributed by atoms with Crippen LogP contribution in [0, 0.1) is 5.92 Å². The highest BCUT2D eigenvalue weighted by molar-refractivity contribution is 5.90. The van der Waals surface area contributed by atoms with Crippen molar-refractivity contribution < 1.29 is 40.5 Å². The number of halogens is 1. The van der Waals surface area contributed by atoms with Crippen molar-refractivity contribution in [1.29, 1.82) is 0 Å². The number of amides is 1. The number of aromatic nitrogens is 2. The highest BCUT2D eigenvalue weighted by atomic mass is 79.9. The summed E-state index contributed by atoms with van der Waals surface area (Å²) in [7, 11) is 0. The Labute approximate surface area is 220 Å². The molecular weight excluding hydrogens is 524 g/mol. The summed E-state index contributed by atoms with van der Waals surface area (Å²) in [6.07, 6.45) is 4.69. The standard InChI is InChI=1S/C27H26N4O4.BrH/c32-25(30-24-9-12-28-17-29-24)16-31-13-10-18(11-14-31)23(15-31)35-27(33)26-19-5-1-3-7-21(19)34-22-8-4-2-6-20(22)26;/h1-9,12,17-18,23,26H,10-11,13-16H2;1H/t18?,23-,31?;/m0./s1. The smallest absolute Gasteiger partial charge is 0.318 e. The molecule has 3 saturated heterocycles. The summed E-state index contributed by atoms with van der Waals surface area (Å²) in [4.78, 5) is 34.4. The maximum Gasteiger partial charge on any atom is 0.318 e. The van der Waals surface area contributed by atoms with Crippen molar-refractivity contribution in [2.24, 2.45) is 5.92 Å². The number of carbonyl (C=O) groups excluding carboxylic acids is 2. The third kappa shape index (κ3) is 4.60. The Morgan fingerprint density at radius 2 is 1.67 bits per heavy atom. The highest BCUT2D eigenvalue weighted by Crippen LogP contribution is 2.45. The molecule has 9 heteroatoms. The second-order valence-corrected chi connectivity index (χ2v) is 9.70. The van der Waals surface area contributed by atoms with Gasteiger partial charge in [-0.15, -0.1) is 0 Å². The molecule has 186 valence electrons. The lowest BCUT2D eigenvalue weighted by Crippen LogP contribution is -3.00. The molecule has 0 saturated carbocycles. The summed E-state index contributed by atoms with van der Waals surface area (Å²) >= 11 is 0. The number of quaternary nitrogens is 1. The number of hydrogen-bond acceptors (Lipinski definition) is 6. The predicted octanol–water partition coefficient (Wildman–Crippen LogP) is 0.509. The molecule has 5 heterocycles. The van der Waals surface area contributed by atoms with Gasteiger partial charge in [-0.05, 0) is 18.2 Å². The molecule has 4 aliphatic rings. The van der Waals surface area contributed by atoms with Gasteiger partial charge < -0.3 is 36.3 Å². The summed E-state index contributed by atoms with van der Waals surface area (Å²) < 4.78 is 12.9. The summed E-state index contributed by atoms with van der Waals surface area (Å²) in [6, 6.07) is 17.0. The van der Waals surface area contributed by atoms with E-state index in [0.29, 0.717) is 40.8 Å². The van der Waals surface area contributed by atoms with Crippen LogP contribution in [0.15, 0.2) is 67.1 Å². The zero-order chi connectivity index (χ0) is 23.8. The lowest BCUT2D eigenvalue weighted by atomic mass is 9.82. The fraction of sp³-hybridized carbons (Fsp3) is 0.333. The average Bonchev–Trinajstić information content (AvgIpc) is 2.88. The zero-order valence-electron chi connectivity index (χ0n) is 19.7. The van der Waals surface area contributed by atoms with Crippen LogP contribution in [0.3, 0.4) is 0 Å². The Bertz CT molecular complexity index is 1220. The van der Waals surface area contributed by atoms with E-state index in [1.165, 1.54) is 6.33 Å². The lowest BCUT2D eigenvalue weighted by Gasteiger charge is -2.51. The fourth-order valence-corrected chi connectivity index (χ4v) is 5.81. The van der Waals surface area contributed by atoms with Crippen molar-refractivity contribution in [2.45, 2.75) is 24.9 Å². The molecule has 0 unspecified atom stereocenters. The van der Waals surface area contributed by atoms with Crippen LogP contribution in [0.4, 0.5) is 5.82 Å². The van der Waals surface area contributed by atoms with Crippen LogP contribution in [0.1, 0.15) is 29.9 Å². The second-order valence-electron chi connectivity index (χ2n) is 9.70. The molecule has 2 aromatic carbocycles. The number of esters is 1. The van der Waals surface area contributed by atoms with Gasteiger partial charge in [-0.3, -0.25) is 9.59 Å². The summed E-state index contributed by atoms with van der Waals surface area (Å²) in [5.74, 6) is 1.33. The van der Waals surface area contributed by atoms with Gasteiger partial charge in [-0.1, -0.05) is 36.4 Å². The number of carbonyl (C=O) groups is 2. The van der Waals surface area contributed by atoms with Gasteiger partial charge in [0.25, 0.3) is 5.91 Å². The van der Waals surface area contributed by atoms with Crippen LogP contribution in [-0.4, -0.2) is 58.6 Å². The predicted molar refractivity (Wildman–Crippen MR) is 128 cm³/mol. The SMILES string of the molecule is O=C(C[N+]12CCC(CC1)[C@@H](OC(=O)C1c3ccccc3Oc3ccccc31)C2)Nc1ccncn1.[Br-]. The maximum absolute atomic E-state index is 13.7. The number of nitrogens with zero attached hydrogens (tertiary/aromatic N) is 3. The summed E-state index contributed by atoms with van der Waals surface area (Å²) in [6.45, 7) is 2.82. The first-order valence-corrected chi connectivity index (χ1v) is 12.1. The molecule has 1 N–H and O–H groups in total. The number of anilines is 1. The minimum absolute atomic E-state index is 0. The van der Waals surface area contributed by atoms with E-state index >= 15 is 0 Å². The van der Waals surface area contributed by atoms with Gasteiger partial charge in [0, 0.05) is 36.1 Å². The van der Waals surface area contributed by atoms with Crippen molar-refractivity contribution in [3.63, 3.8) is 0 Å². The maximum atomic E-state index is 13.7. The monoisotopic (exact) mass is 550 g/mol. The average molecular weight is 551 g/mol. The molecule has 0 aliphatic carbocycles. The number of ether oxygens (including phenoxy) is 2. The molecule has 3 fully saturated rings. The first kappa shape index (κ1) is 24.4. The van der Waals surface area contributed by atoms with Gasteiger partial charge in [-0.25, -0.2) is 9.97 Å². The topological polar surface area (TPSA) is 90.4 Å². The molecule has 1 amide bonds. The number of benzene rings is 2. The van der Waals surface area contributed by atoms with Crippen LogP contribution in [-0.2, 0) is 14.3 Å². The molecule has 4 aliphatic heterocycles. The molecule has 7 rings (SSSR count). The van der Waals surface area contributed by atoms with Crippen LogP contribution in [0.2, 0.25) is 0 Å². The van der Waals surface area contributed by atoms with Gasteiger partial charge in [0.15, 0.2) is 12.6 Å². The van der Waals surface area contributed by atoms with Crippen LogP contribution >= 0.6 is 0 Å². The van der Waals surface area contributed by atoms with Gasteiger partial charge in [0.05, 0.1) is 13.1 Å². The van der Waals surface area contributed by atoms with Crippen LogP contribution in [0.5, 0.6) is 11.5 Å². The van der Waals surface area contributed by atoms with Gasteiger partial charge >= 0.3 is 5.97 Å². The van der Waals surface area contributed by atoms with E-state index in [4.69, 9.17) is 9.47 Å². The van der Waals surface area contributed by atoms with Crippen molar-refractivity contribution in [3.8, 4) is 11.5 Å². The molecule has 2 bridgehead atoms. The van der Waals surface area contributed by atoms with Gasteiger partial charge in [-0.2, -0.15) is 0 Å². The van der Waals surface area contributed by atoms with Crippen LogP contribution < -0.4 is 27.0 Å². The Balaban J connectivity index is 0.00000267. The van der Waals surface area contributed by atoms with E-state index in [0.717, 1.165) is 37.1 Å². The molecule has 1 atom stereocenters. The van der Waals surface area contributed by atoms with Gasteiger partial charge in [0.2, 0.25) is 0 Å². The van der Waals surface area contributed by atoms with Gasteiger partial charge in [0.1, 0.15) is 36.1 Å². The Morgan fingerprint density at radius 3 is 2.31 bits per heavy atom. The zero-order valence-corrected chi connectivity index (χ0v) is 21.3. The number of rotatable bonds is 5. The minimum atomic E-state index is -0.527. The molecule has 0 spiro atoms. The third-order valence-electron chi connectivity index (χ3n) is 7.55. The number of para-hydroxylation sites is 2. The number of fused-ring (bicyclic) bond motifs is 5. The van der Waals surface area contributed by atoms with E-state index in [1.807, 2.05) is 48.5 Å². The molecule has 36 heavy (non-hydrogen) atoms. The minimum Gasteiger partial charge on any atom is -1.00 e. The second kappa shape index (κ2) is 9.99. The fourth-order valence-electron chi connectivity index (χ4n) is 5.81. The normalized spacial score (nSPS) is 23.9. The van der Waals surface area contributed by atoms with E-state index in [1.54, 1.807) is 12.3 Å². The first-order chi connectivity index (χ1) is 17.1. The summed E-state index contributed by atoms with van der Waals surface area (Å²) in [5, 5.41) is 2.87. The Kier molecular flexibility index (Phi) is 6.77. The van der Waals surface area contributed by atoms with E-state index < -0.39 is 5.92 Å². The molecule has 0 radical (unpaired) electrons. The number of hydrogen-bond donors (Lipinski definition) is 1. The van der Waals surface area contributed by atoms with E-state index in [-0.39, 0.29) is 35.0 Å². The molecule has 8 nitrogen and oxygen atoms in total. The van der Waals surface area contributed by atoms with Crippen molar-refractivity contribution in [3.05, 3.63) is 78.2 Å². The number of nitrogens with one attached hydrogen (secondary N) is 1. The van der Waals surface area contributed by atoms with Crippen molar-refractivity contribution in [1.82, 2.24) is 9.97 Å². The molecular formula is C27H27BrN4O4. The molecule has 1 aromatic heterocycles. The summed E-state index contributed by atoms with van der Waals surface area (Å²) in [5.41, 5.74) is 1.65. The van der Waals surface area contributed by atoms with E-state index in [2.05, 4.69) is 15.3 Å². The Morgan fingerprint density at radius 1 is 1.00 bits per heavy atom. The highest BCUT2D eigenvalue weighted by Gasteiger charge is 2.49. The molecule has 3 aromatic rings. The van der Waals surface area contributed by atoms with Crippen molar-refractivity contribution >= 4 is 17.7 Å². The Hall–Kier alpha value is -3.30. The lowest BCUT2D eigenvalue weighted by molar-refractivity contribution is -0.938. The van der Waals surface area contributed by atoms with E-state index in [9.17, 15) is 9.59 Å². The number of piperidine rings is 3.